The summed E-state index contributed by atoms with van der Waals surface area (Å²) in [4.78, 5) is 8.58. The van der Waals surface area contributed by atoms with Crippen molar-refractivity contribution in [2.24, 2.45) is 5.73 Å². The average molecular weight is 169 g/mol. The van der Waals surface area contributed by atoms with Gasteiger partial charge in [0.15, 0.2) is 0 Å². The molecular weight excluding hydrogens is 150 g/mol. The molecule has 0 spiro atoms. The number of amides is 1. The third kappa shape index (κ3) is 37.7. The molecule has 0 fully saturated rings. The quantitative estimate of drug-likeness (QED) is 0.500. The monoisotopic (exact) mass is 169 g/mol. The second-order valence-corrected chi connectivity index (χ2v) is 1.49. The molecule has 0 aliphatic carbocycles. The van der Waals surface area contributed by atoms with E-state index in [0.717, 1.165) is 5.57 Å². The zero-order chi connectivity index (χ0) is 10.4. The van der Waals surface area contributed by atoms with Gasteiger partial charge in [0.25, 0.3) is 0 Å². The van der Waals surface area contributed by atoms with Crippen LogP contribution in [0, 0.1) is 0 Å². The first-order valence-electron chi connectivity index (χ1n) is 3.80. The van der Waals surface area contributed by atoms with Gasteiger partial charge in [-0.2, -0.15) is 0 Å². The van der Waals surface area contributed by atoms with Gasteiger partial charge in [-0.15, -0.1) is 0 Å². The number of allylic oxidation sites excluding steroid dienone is 4. The minimum Gasteiger partial charge on any atom is -0.372 e. The molecule has 0 aromatic rings. The molecule has 0 saturated heterocycles. The molecule has 2 heteroatoms. The number of carbonyl (C=O) groups excluding carboxylic acids is 1. The molecule has 1 amide bonds. The first-order chi connectivity index (χ1) is 5.72. The Hall–Kier alpha value is -1.31. The van der Waals surface area contributed by atoms with Crippen LogP contribution in [-0.4, -0.2) is 6.41 Å². The number of nitrogens with two attached hydrogens (primary N) is 1. The Morgan fingerprint density at radius 1 is 1.33 bits per heavy atom. The predicted octanol–water partition coefficient (Wildman–Crippen LogP) is 2.43. The maximum Gasteiger partial charge on any atom is 0.204 e. The summed E-state index contributed by atoms with van der Waals surface area (Å²) in [6.45, 7) is 13.1. The number of carbonyl (C=O) groups is 1. The summed E-state index contributed by atoms with van der Waals surface area (Å²) in [5.41, 5.74) is 5.31. The van der Waals surface area contributed by atoms with Crippen LogP contribution in [0.25, 0.3) is 0 Å². The number of hydrogen-bond donors (Lipinski definition) is 1. The van der Waals surface area contributed by atoms with E-state index in [1.54, 1.807) is 12.2 Å². The Labute approximate surface area is 75.5 Å². The first kappa shape index (κ1) is 17.0. The lowest BCUT2D eigenvalue weighted by Crippen LogP contribution is -1.82. The van der Waals surface area contributed by atoms with Crippen LogP contribution < -0.4 is 5.73 Å². The van der Waals surface area contributed by atoms with Crippen LogP contribution in [0.1, 0.15) is 20.8 Å². The smallest absolute Gasteiger partial charge is 0.204 e. The van der Waals surface area contributed by atoms with E-state index in [9.17, 15) is 0 Å². The molecule has 0 aliphatic heterocycles. The van der Waals surface area contributed by atoms with Crippen molar-refractivity contribution in [3.05, 3.63) is 37.0 Å². The zero-order valence-electron chi connectivity index (χ0n) is 8.21. The maximum absolute atomic E-state index is 8.58. The van der Waals surface area contributed by atoms with Gasteiger partial charge in [0.2, 0.25) is 6.41 Å². The van der Waals surface area contributed by atoms with Crippen molar-refractivity contribution < 1.29 is 4.79 Å². The number of rotatable bonds is 2. The van der Waals surface area contributed by atoms with Gasteiger partial charge >= 0.3 is 0 Å². The topological polar surface area (TPSA) is 43.1 Å². The van der Waals surface area contributed by atoms with E-state index >= 15 is 0 Å². The average Bonchev–Trinajstić information content (AvgIpc) is 2.10. The highest BCUT2D eigenvalue weighted by molar-refractivity contribution is 5.42. The van der Waals surface area contributed by atoms with Gasteiger partial charge in [-0.05, 0) is 6.92 Å². The molecule has 0 unspecified atom stereocenters. The minimum absolute atomic E-state index is 0.250. The van der Waals surface area contributed by atoms with Crippen molar-refractivity contribution in [3.8, 4) is 0 Å². The Balaban J connectivity index is -0.000000137. The Morgan fingerprint density at radius 2 is 1.67 bits per heavy atom. The summed E-state index contributed by atoms with van der Waals surface area (Å²) in [6, 6.07) is 0. The lowest BCUT2D eigenvalue weighted by atomic mass is 10.3. The van der Waals surface area contributed by atoms with E-state index in [1.165, 1.54) is 0 Å². The standard InChI is InChI=1S/C7H10.C2H6.CH3NO/c1-4-6-7(3)5-2;1-2;2-1-3/h4-6H,1-2H2,3H3;1-2H3;1H,(H2,2,3)/b7-6-;;. The second-order valence-electron chi connectivity index (χ2n) is 1.49. The lowest BCUT2D eigenvalue weighted by molar-refractivity contribution is -0.106. The van der Waals surface area contributed by atoms with Gasteiger partial charge in [-0.25, -0.2) is 0 Å². The summed E-state index contributed by atoms with van der Waals surface area (Å²) in [7, 11) is 0. The number of hydrogen-bond acceptors (Lipinski definition) is 1. The molecule has 2 nitrogen and oxygen atoms in total. The van der Waals surface area contributed by atoms with Crippen molar-refractivity contribution in [1.29, 1.82) is 0 Å². The summed E-state index contributed by atoms with van der Waals surface area (Å²) in [5.74, 6) is 0. The van der Waals surface area contributed by atoms with Crippen LogP contribution in [0.3, 0.4) is 0 Å². The Bertz CT molecular complexity index is 137. The molecule has 70 valence electrons. The molecule has 0 aliphatic rings. The van der Waals surface area contributed by atoms with Crippen LogP contribution in [0.2, 0.25) is 0 Å². The predicted molar refractivity (Wildman–Crippen MR) is 55.8 cm³/mol. The third-order valence-corrected chi connectivity index (χ3v) is 0.703. The molecule has 0 aromatic heterocycles. The Kier molecular flexibility index (Phi) is 32.0. The van der Waals surface area contributed by atoms with E-state index in [2.05, 4.69) is 18.9 Å². The van der Waals surface area contributed by atoms with Gasteiger partial charge in [0, 0.05) is 0 Å². The molecule has 0 saturated carbocycles. The normalized spacial score (nSPS) is 7.75. The first-order valence-corrected chi connectivity index (χ1v) is 3.80. The van der Waals surface area contributed by atoms with Crippen LogP contribution in [0.4, 0.5) is 0 Å². The van der Waals surface area contributed by atoms with Crippen molar-refractivity contribution in [1.82, 2.24) is 0 Å². The summed E-state index contributed by atoms with van der Waals surface area (Å²) in [6.07, 6.45) is 5.70. The molecule has 0 radical (unpaired) electrons. The van der Waals surface area contributed by atoms with E-state index in [-0.39, 0.29) is 6.41 Å². The van der Waals surface area contributed by atoms with E-state index in [0.29, 0.717) is 0 Å². The molecule has 0 bridgehead atoms. The van der Waals surface area contributed by atoms with E-state index in [4.69, 9.17) is 4.79 Å². The number of primary amides is 1. The summed E-state index contributed by atoms with van der Waals surface area (Å²) >= 11 is 0. The van der Waals surface area contributed by atoms with Gasteiger partial charge in [0.05, 0.1) is 0 Å². The van der Waals surface area contributed by atoms with E-state index in [1.807, 2.05) is 26.8 Å². The molecule has 0 atom stereocenters. The van der Waals surface area contributed by atoms with Crippen LogP contribution in [0.15, 0.2) is 37.0 Å². The largest absolute Gasteiger partial charge is 0.372 e. The zero-order valence-corrected chi connectivity index (χ0v) is 8.21. The fraction of sp³-hybridized carbons (Fsp3) is 0.300. The molecule has 0 aromatic carbocycles. The fourth-order valence-corrected chi connectivity index (χ4v) is 0.254. The van der Waals surface area contributed by atoms with Gasteiger partial charge < -0.3 is 5.73 Å². The molecule has 2 N–H and O–H groups in total. The SMILES string of the molecule is C=C/C=C(/C)C=C.CC.NC=O. The van der Waals surface area contributed by atoms with Gasteiger partial charge in [-0.3, -0.25) is 4.79 Å². The van der Waals surface area contributed by atoms with Crippen molar-refractivity contribution in [3.63, 3.8) is 0 Å². The summed E-state index contributed by atoms with van der Waals surface area (Å²) in [5, 5.41) is 0. The fourth-order valence-electron chi connectivity index (χ4n) is 0.254. The molecule has 0 heterocycles. The Morgan fingerprint density at radius 3 is 1.75 bits per heavy atom. The summed E-state index contributed by atoms with van der Waals surface area (Å²) < 4.78 is 0. The van der Waals surface area contributed by atoms with Crippen molar-refractivity contribution in [2.75, 3.05) is 0 Å². The maximum atomic E-state index is 8.58. The van der Waals surface area contributed by atoms with Crippen LogP contribution >= 0.6 is 0 Å². The van der Waals surface area contributed by atoms with Crippen molar-refractivity contribution in [2.45, 2.75) is 20.8 Å². The highest BCUT2D eigenvalue weighted by Gasteiger charge is 1.68. The molecule has 12 heavy (non-hydrogen) atoms. The van der Waals surface area contributed by atoms with Crippen molar-refractivity contribution >= 4 is 6.41 Å². The molecule has 0 rings (SSSR count). The van der Waals surface area contributed by atoms with Gasteiger partial charge in [0.1, 0.15) is 0 Å². The van der Waals surface area contributed by atoms with E-state index < -0.39 is 0 Å². The highest BCUT2D eigenvalue weighted by Crippen LogP contribution is 1.90. The minimum atomic E-state index is 0.250. The highest BCUT2D eigenvalue weighted by atomic mass is 16.1. The molecular formula is C10H19NO. The second kappa shape index (κ2) is 22.6. The van der Waals surface area contributed by atoms with Gasteiger partial charge in [-0.1, -0.05) is 50.8 Å². The van der Waals surface area contributed by atoms with Crippen LogP contribution in [0.5, 0.6) is 0 Å². The van der Waals surface area contributed by atoms with Crippen LogP contribution in [-0.2, 0) is 4.79 Å². The lowest BCUT2D eigenvalue weighted by Gasteiger charge is -1.80. The third-order valence-electron chi connectivity index (χ3n) is 0.703.